The first kappa shape index (κ1) is 52.5. The molecule has 1 saturated carbocycles. The molecule has 4 aromatic heterocycles. The summed E-state index contributed by atoms with van der Waals surface area (Å²) in [7, 11) is 1.73. The molecule has 5 aliphatic rings. The number of β-amino-alcohol motifs (C(OH)–C–C–N with tert-alkyl or cyclic N) is 1. The van der Waals surface area contributed by atoms with Crippen LogP contribution in [0.3, 0.4) is 0 Å². The van der Waals surface area contributed by atoms with Crippen molar-refractivity contribution in [2.24, 2.45) is 5.92 Å². The molecule has 13 rings (SSSR count). The van der Waals surface area contributed by atoms with Crippen molar-refractivity contribution in [2.45, 2.75) is 115 Å². The Morgan fingerprint density at radius 1 is 0.951 bits per heavy atom. The number of likely N-dealkylation sites (tertiary alicyclic amines) is 1. The van der Waals surface area contributed by atoms with E-state index in [1.165, 1.54) is 15.6 Å². The number of piperazine rings is 1. The van der Waals surface area contributed by atoms with E-state index in [0.717, 1.165) is 88.0 Å². The molecule has 8 aromatic rings. The quantitative estimate of drug-likeness (QED) is 0.0609. The maximum Gasteiger partial charge on any atom is 0.248 e. The fourth-order valence-electron chi connectivity index (χ4n) is 12.6. The van der Waals surface area contributed by atoms with Crippen molar-refractivity contribution in [1.82, 2.24) is 60.5 Å². The second-order valence-corrected chi connectivity index (χ2v) is 22.8. The number of nitrogens with one attached hydrogen (secondary N) is 3. The number of carbonyl (C=O) groups excluding carboxylic acids is 2. The number of aromatic amines is 1. The minimum absolute atomic E-state index is 0.0356. The van der Waals surface area contributed by atoms with Gasteiger partial charge in [-0.3, -0.25) is 19.4 Å². The normalized spacial score (nSPS) is 20.7. The lowest BCUT2D eigenvalue weighted by Crippen LogP contribution is -2.52. The third kappa shape index (κ3) is 9.62. The van der Waals surface area contributed by atoms with Gasteiger partial charge in [-0.15, -0.1) is 5.10 Å². The average Bonchev–Trinajstić information content (AvgIpc) is 4.30. The summed E-state index contributed by atoms with van der Waals surface area (Å²) < 4.78 is 32.4. The Balaban J connectivity index is 0.779. The summed E-state index contributed by atoms with van der Waals surface area (Å²) in [5, 5.41) is 50.5. The third-order valence-electron chi connectivity index (χ3n) is 17.2. The van der Waals surface area contributed by atoms with E-state index in [2.05, 4.69) is 52.1 Å². The van der Waals surface area contributed by atoms with Crippen molar-refractivity contribution in [2.75, 3.05) is 56.2 Å². The highest BCUT2D eigenvalue weighted by Crippen LogP contribution is 2.54. The van der Waals surface area contributed by atoms with E-state index in [-0.39, 0.29) is 55.8 Å². The van der Waals surface area contributed by atoms with Gasteiger partial charge in [-0.2, -0.15) is 15.2 Å². The number of methoxy groups -OCH3 is 1. The van der Waals surface area contributed by atoms with Gasteiger partial charge >= 0.3 is 0 Å². The first-order chi connectivity index (χ1) is 39.4. The molecule has 5 fully saturated rings. The van der Waals surface area contributed by atoms with Gasteiger partial charge in [-0.25, -0.2) is 14.1 Å². The zero-order valence-electron chi connectivity index (χ0n) is 46.1. The Labute approximate surface area is 467 Å². The van der Waals surface area contributed by atoms with Gasteiger partial charge in [0.15, 0.2) is 5.75 Å². The highest BCUT2D eigenvalue weighted by atomic mass is 19.1. The van der Waals surface area contributed by atoms with Crippen LogP contribution in [0, 0.1) is 18.7 Å². The van der Waals surface area contributed by atoms with Gasteiger partial charge in [0.05, 0.1) is 48.5 Å². The molecule has 1 aliphatic carbocycles. The van der Waals surface area contributed by atoms with E-state index < -0.39 is 30.1 Å². The molecular formula is C60H67FN14O6. The summed E-state index contributed by atoms with van der Waals surface area (Å²) in [6.45, 7) is 11.2. The number of nitrogens with zero attached hydrogens (tertiary/aromatic N) is 11. The molecular weight excluding hydrogens is 1030 g/mol. The number of fused-ring (bicyclic) bond motifs is 4. The van der Waals surface area contributed by atoms with Crippen LogP contribution in [0.1, 0.15) is 86.7 Å². The zero-order valence-corrected chi connectivity index (χ0v) is 46.1. The van der Waals surface area contributed by atoms with Gasteiger partial charge in [0.2, 0.25) is 17.8 Å². The van der Waals surface area contributed by atoms with Crippen LogP contribution < -0.4 is 25.2 Å². The number of anilines is 2. The lowest BCUT2D eigenvalue weighted by atomic mass is 9.88. The standard InChI is InChI=1S/C60H67FN14O6/c1-6-74-50(17-18-64-74)38-15-13-37(14-16-38)49(30-76)65-58(78)51-20-41(77)26-73(51)59(79)55(32(2)3)75-29-48(69-70-75)36-9-7-34(8-10-36)31-81-56-53(52-33(4)46(61)22-47-45(52)24-63-68-47)43(35-11-12-35)21-44-54(56)66-60(71-27-42(28-71)80-5)67-57(44)72-25-39-19-40(72)23-62-39/h7-10,13-18,21-22,24,29,32,35,39-42,49,51,55,62,76-77H,6,11-12,19-20,23,25-28,30-31H2,1-5H3,(H,63,68)(H,65,78)/t39-,40-,41+,49-,51-,55-/m0/s1. The van der Waals surface area contributed by atoms with Crippen LogP contribution in [0.5, 0.6) is 5.75 Å². The van der Waals surface area contributed by atoms with Crippen molar-refractivity contribution in [3.8, 4) is 39.4 Å². The number of benzene rings is 4. The Morgan fingerprint density at radius 2 is 1.74 bits per heavy atom. The number of hydrogen-bond acceptors (Lipinski definition) is 15. The molecule has 8 heterocycles. The maximum absolute atomic E-state index is 16.1. The summed E-state index contributed by atoms with van der Waals surface area (Å²) >= 11 is 0. The smallest absolute Gasteiger partial charge is 0.248 e. The van der Waals surface area contributed by atoms with Crippen molar-refractivity contribution in [3.05, 3.63) is 113 Å². The number of amides is 2. The fraction of sp³-hybridized carbons (Fsp3) is 0.433. The van der Waals surface area contributed by atoms with Gasteiger partial charge in [0.1, 0.15) is 41.5 Å². The highest BCUT2D eigenvalue weighted by Gasteiger charge is 2.44. The molecule has 2 bridgehead atoms. The number of aromatic nitrogens is 9. The van der Waals surface area contributed by atoms with E-state index in [1.54, 1.807) is 25.7 Å². The molecule has 6 atom stereocenters. The molecule has 0 unspecified atom stereocenters. The number of ether oxygens (including phenoxy) is 2. The van der Waals surface area contributed by atoms with Crippen molar-refractivity contribution >= 4 is 45.4 Å². The van der Waals surface area contributed by atoms with Crippen LogP contribution >= 0.6 is 0 Å². The molecule has 4 aromatic carbocycles. The van der Waals surface area contributed by atoms with Gasteiger partial charge < -0.3 is 45.0 Å². The van der Waals surface area contributed by atoms with Gasteiger partial charge in [0, 0.05) is 98.5 Å². The molecule has 21 heteroatoms. The number of hydrogen-bond donors (Lipinski definition) is 5. The second kappa shape index (κ2) is 21.2. The SMILES string of the molecule is CCn1nccc1-c1ccc([C@H](CO)NC(=O)[C@@H]2C[C@@H](O)CN2C(=O)[C@H](C(C)C)n2cc(-c3ccc(COc4c(-c5c(C)c(F)cc6[nH]ncc56)c(C5CC5)cc5c(N6C[C@@H]7C[C@H]6CN7)nc(N6CC(OC)C6)nc45)cc3)nn2)cc1. The Hall–Kier alpha value is -7.85. The molecule has 5 N–H and O–H groups in total. The van der Waals surface area contributed by atoms with Crippen LogP contribution in [0.25, 0.3) is 55.4 Å². The number of aryl methyl sites for hydroxylation is 1. The van der Waals surface area contributed by atoms with Crippen molar-refractivity contribution < 1.29 is 33.7 Å². The molecule has 4 saturated heterocycles. The first-order valence-corrected chi connectivity index (χ1v) is 28.3. The maximum atomic E-state index is 16.1. The van der Waals surface area contributed by atoms with Gasteiger partial charge in [0.25, 0.3) is 0 Å². The Kier molecular flexibility index (Phi) is 13.8. The predicted molar refractivity (Wildman–Crippen MR) is 303 cm³/mol. The lowest BCUT2D eigenvalue weighted by molar-refractivity contribution is -0.142. The number of carbonyl (C=O) groups is 2. The molecule has 81 heavy (non-hydrogen) atoms. The minimum atomic E-state index is -0.980. The van der Waals surface area contributed by atoms with Crippen molar-refractivity contribution in [1.29, 1.82) is 0 Å². The highest BCUT2D eigenvalue weighted by molar-refractivity contribution is 6.06. The molecule has 20 nitrogen and oxygen atoms in total. The average molecular weight is 1100 g/mol. The summed E-state index contributed by atoms with van der Waals surface area (Å²) in [5.74, 6) is 0.837. The lowest BCUT2D eigenvalue weighted by Gasteiger charge is -2.39. The minimum Gasteiger partial charge on any atom is -0.486 e. The summed E-state index contributed by atoms with van der Waals surface area (Å²) in [6, 6.07) is 19.2. The topological polar surface area (TPSA) is 230 Å². The molecule has 2 amide bonds. The van der Waals surface area contributed by atoms with Crippen LogP contribution in [0.15, 0.2) is 85.3 Å². The van der Waals surface area contributed by atoms with E-state index in [9.17, 15) is 19.8 Å². The predicted octanol–water partition coefficient (Wildman–Crippen LogP) is 6.61. The van der Waals surface area contributed by atoms with Crippen LogP contribution in [-0.4, -0.2) is 149 Å². The number of aliphatic hydroxyl groups excluding tert-OH is 2. The van der Waals surface area contributed by atoms with Crippen LogP contribution in [-0.2, 0) is 27.5 Å². The number of H-pyrrole nitrogens is 1. The summed E-state index contributed by atoms with van der Waals surface area (Å²) in [4.78, 5) is 45.4. The molecule has 0 radical (unpaired) electrons. The van der Waals surface area contributed by atoms with Gasteiger partial charge in [-0.1, -0.05) is 67.6 Å². The van der Waals surface area contributed by atoms with E-state index in [4.69, 9.17) is 19.4 Å². The zero-order chi connectivity index (χ0) is 55.8. The van der Waals surface area contributed by atoms with Gasteiger partial charge in [-0.05, 0) is 91.0 Å². The number of halogens is 1. The fourth-order valence-corrected chi connectivity index (χ4v) is 12.6. The number of aliphatic hydroxyl groups is 2. The Morgan fingerprint density at radius 3 is 2.44 bits per heavy atom. The third-order valence-corrected chi connectivity index (χ3v) is 17.2. The van der Waals surface area contributed by atoms with Crippen LogP contribution in [0.2, 0.25) is 0 Å². The Bertz CT molecular complexity index is 3670. The van der Waals surface area contributed by atoms with Crippen molar-refractivity contribution in [3.63, 3.8) is 0 Å². The second-order valence-electron chi connectivity index (χ2n) is 22.8. The largest absolute Gasteiger partial charge is 0.486 e. The van der Waals surface area contributed by atoms with E-state index >= 15 is 4.39 Å². The molecule has 4 aliphatic heterocycles. The summed E-state index contributed by atoms with van der Waals surface area (Å²) in [6.07, 6.45) is 7.47. The molecule has 0 spiro atoms. The van der Waals surface area contributed by atoms with E-state index in [0.29, 0.717) is 71.3 Å². The molecule has 420 valence electrons. The monoisotopic (exact) mass is 1100 g/mol. The van der Waals surface area contributed by atoms with E-state index in [1.807, 2.05) is 87.0 Å². The number of rotatable bonds is 18. The van der Waals surface area contributed by atoms with Crippen LogP contribution in [0.4, 0.5) is 16.2 Å². The first-order valence-electron chi connectivity index (χ1n) is 28.3. The summed E-state index contributed by atoms with van der Waals surface area (Å²) in [5.41, 5.74) is 9.15.